The van der Waals surface area contributed by atoms with Crippen LogP contribution in [0.1, 0.15) is 46.7 Å². The molecule has 0 amide bonds. The Bertz CT molecular complexity index is 864. The number of hydrogen-bond donors (Lipinski definition) is 2. The van der Waals surface area contributed by atoms with Crippen molar-refractivity contribution in [3.8, 4) is 0 Å². The predicted molar refractivity (Wildman–Crippen MR) is 117 cm³/mol. The van der Waals surface area contributed by atoms with E-state index in [1.54, 1.807) is 12.1 Å². The van der Waals surface area contributed by atoms with E-state index in [0.29, 0.717) is 27.6 Å². The molecule has 4 nitrogen and oxygen atoms in total. The van der Waals surface area contributed by atoms with Gasteiger partial charge in [-0.2, -0.15) is 0 Å². The highest BCUT2D eigenvalue weighted by atomic mass is 35.5. The molecule has 4 rings (SSSR count). The average Bonchev–Trinajstić information content (AvgIpc) is 3.50. The maximum atomic E-state index is 11.0. The van der Waals surface area contributed by atoms with Gasteiger partial charge < -0.3 is 10.4 Å². The number of nitrogens with zero attached hydrogens (tertiary/aromatic N) is 1. The molecule has 0 aromatic heterocycles. The number of carboxylic acid groups (broad SMARTS) is 1. The number of halogens is 2. The lowest BCUT2D eigenvalue weighted by atomic mass is 9.96. The van der Waals surface area contributed by atoms with E-state index in [1.165, 1.54) is 30.4 Å². The minimum absolute atomic E-state index is 0.345. The second kappa shape index (κ2) is 9.05. The largest absolute Gasteiger partial charge is 0.478 e. The molecule has 1 aliphatic heterocycles. The number of nitrogens with one attached hydrogen (secondary N) is 1. The van der Waals surface area contributed by atoms with Crippen LogP contribution < -0.4 is 5.32 Å². The molecule has 0 spiro atoms. The van der Waals surface area contributed by atoms with Gasteiger partial charge in [-0.15, -0.1) is 0 Å². The summed E-state index contributed by atoms with van der Waals surface area (Å²) in [6.07, 6.45) is 3.57. The minimum atomic E-state index is -0.873. The molecular weight excluding hydrogens is 407 g/mol. The zero-order valence-electron chi connectivity index (χ0n) is 16.3. The van der Waals surface area contributed by atoms with Crippen LogP contribution in [0.2, 0.25) is 10.0 Å². The van der Waals surface area contributed by atoms with Crippen molar-refractivity contribution < 1.29 is 9.90 Å². The van der Waals surface area contributed by atoms with Gasteiger partial charge in [0.05, 0.1) is 15.6 Å². The van der Waals surface area contributed by atoms with E-state index < -0.39 is 5.97 Å². The molecule has 1 saturated heterocycles. The molecule has 0 bridgehead atoms. The van der Waals surface area contributed by atoms with Gasteiger partial charge in [0.15, 0.2) is 0 Å². The van der Waals surface area contributed by atoms with Crippen molar-refractivity contribution in [1.82, 2.24) is 10.2 Å². The van der Waals surface area contributed by atoms with Crippen LogP contribution in [0.15, 0.2) is 42.5 Å². The van der Waals surface area contributed by atoms with E-state index in [9.17, 15) is 4.79 Å². The molecule has 2 unspecified atom stereocenters. The van der Waals surface area contributed by atoms with Gasteiger partial charge in [-0.1, -0.05) is 41.4 Å². The van der Waals surface area contributed by atoms with Gasteiger partial charge >= 0.3 is 5.97 Å². The fraction of sp³-hybridized carbons (Fsp3) is 0.435. The summed E-state index contributed by atoms with van der Waals surface area (Å²) in [5.74, 6) is 0.399. The Morgan fingerprint density at radius 3 is 2.45 bits per heavy atom. The minimum Gasteiger partial charge on any atom is -0.478 e. The topological polar surface area (TPSA) is 52.6 Å². The number of rotatable bonds is 7. The quantitative estimate of drug-likeness (QED) is 0.642. The lowest BCUT2D eigenvalue weighted by Gasteiger charge is -2.32. The fourth-order valence-electron chi connectivity index (χ4n) is 4.21. The molecule has 1 aliphatic carbocycles. The van der Waals surface area contributed by atoms with Crippen molar-refractivity contribution in [2.24, 2.45) is 5.92 Å². The Morgan fingerprint density at radius 2 is 1.79 bits per heavy atom. The summed E-state index contributed by atoms with van der Waals surface area (Å²) < 4.78 is 0. The number of carboxylic acids is 1. The molecule has 29 heavy (non-hydrogen) atoms. The summed E-state index contributed by atoms with van der Waals surface area (Å²) in [5.41, 5.74) is 2.80. The number of aromatic carboxylic acids is 1. The van der Waals surface area contributed by atoms with Crippen molar-refractivity contribution in [1.29, 1.82) is 0 Å². The summed E-state index contributed by atoms with van der Waals surface area (Å²) in [4.78, 5) is 13.4. The Labute approximate surface area is 181 Å². The lowest BCUT2D eigenvalue weighted by molar-refractivity contribution is 0.0697. The van der Waals surface area contributed by atoms with Gasteiger partial charge in [-0.3, -0.25) is 4.90 Å². The summed E-state index contributed by atoms with van der Waals surface area (Å²) in [5, 5.41) is 14.0. The highest BCUT2D eigenvalue weighted by Gasteiger charge is 2.38. The lowest BCUT2D eigenvalue weighted by Crippen LogP contribution is -2.37. The fourth-order valence-corrected chi connectivity index (χ4v) is 4.52. The van der Waals surface area contributed by atoms with Crippen LogP contribution in [0.5, 0.6) is 0 Å². The predicted octanol–water partition coefficient (Wildman–Crippen LogP) is 5.05. The van der Waals surface area contributed by atoms with E-state index >= 15 is 0 Å². The molecule has 2 aromatic carbocycles. The second-order valence-corrected chi connectivity index (χ2v) is 9.07. The SMILES string of the molecule is O=C(O)c1ccc(CN2CCC(CNC3CC3c3ccc(Cl)c(Cl)c3)CC2)cc1. The maximum absolute atomic E-state index is 11.0. The van der Waals surface area contributed by atoms with Gasteiger partial charge in [0.2, 0.25) is 0 Å². The second-order valence-electron chi connectivity index (χ2n) is 8.25. The molecule has 1 saturated carbocycles. The standard InChI is InChI=1S/C23H26Cl2N2O2/c24-20-6-5-18(11-21(20)25)19-12-22(19)26-13-15-7-9-27(10-8-15)14-16-1-3-17(4-2-16)23(28)29/h1-6,11,15,19,22,26H,7-10,12-14H2,(H,28,29). The summed E-state index contributed by atoms with van der Waals surface area (Å²) in [6, 6.07) is 13.8. The van der Waals surface area contributed by atoms with E-state index in [4.69, 9.17) is 28.3 Å². The molecule has 2 aliphatic rings. The van der Waals surface area contributed by atoms with E-state index in [1.807, 2.05) is 24.3 Å². The first-order valence-electron chi connectivity index (χ1n) is 10.2. The summed E-state index contributed by atoms with van der Waals surface area (Å²) in [6.45, 7) is 4.15. The molecule has 2 aromatic rings. The highest BCUT2D eigenvalue weighted by molar-refractivity contribution is 6.42. The number of piperidine rings is 1. The van der Waals surface area contributed by atoms with Crippen LogP contribution in [0.3, 0.4) is 0 Å². The van der Waals surface area contributed by atoms with Crippen LogP contribution in [0.4, 0.5) is 0 Å². The van der Waals surface area contributed by atoms with Crippen molar-refractivity contribution >= 4 is 29.2 Å². The zero-order valence-corrected chi connectivity index (χ0v) is 17.8. The Kier molecular flexibility index (Phi) is 6.45. The first-order chi connectivity index (χ1) is 14.0. The van der Waals surface area contributed by atoms with Crippen molar-refractivity contribution in [2.45, 2.75) is 37.8 Å². The van der Waals surface area contributed by atoms with E-state index in [-0.39, 0.29) is 0 Å². The molecule has 2 atom stereocenters. The molecule has 1 heterocycles. The molecule has 2 fully saturated rings. The Balaban J connectivity index is 1.18. The number of benzene rings is 2. The van der Waals surface area contributed by atoms with Crippen LogP contribution in [0.25, 0.3) is 0 Å². The Morgan fingerprint density at radius 1 is 1.07 bits per heavy atom. The van der Waals surface area contributed by atoms with Gasteiger partial charge in [-0.25, -0.2) is 4.79 Å². The molecule has 0 radical (unpaired) electrons. The molecule has 154 valence electrons. The van der Waals surface area contributed by atoms with Gasteiger partial charge in [0.1, 0.15) is 0 Å². The van der Waals surface area contributed by atoms with Crippen molar-refractivity contribution in [3.63, 3.8) is 0 Å². The van der Waals surface area contributed by atoms with Gasteiger partial charge in [-0.05, 0) is 80.2 Å². The number of likely N-dealkylation sites (tertiary alicyclic amines) is 1. The van der Waals surface area contributed by atoms with Crippen molar-refractivity contribution in [3.05, 3.63) is 69.2 Å². The third-order valence-electron chi connectivity index (χ3n) is 6.15. The molecule has 6 heteroatoms. The van der Waals surface area contributed by atoms with Gasteiger partial charge in [0.25, 0.3) is 0 Å². The third-order valence-corrected chi connectivity index (χ3v) is 6.88. The first-order valence-corrected chi connectivity index (χ1v) is 11.0. The first kappa shape index (κ1) is 20.7. The summed E-state index contributed by atoms with van der Waals surface area (Å²) >= 11 is 12.2. The van der Waals surface area contributed by atoms with Crippen LogP contribution in [0, 0.1) is 5.92 Å². The van der Waals surface area contributed by atoms with Crippen LogP contribution in [-0.2, 0) is 6.54 Å². The van der Waals surface area contributed by atoms with Crippen LogP contribution >= 0.6 is 23.2 Å². The normalized spacial score (nSPS) is 22.6. The third kappa shape index (κ3) is 5.32. The van der Waals surface area contributed by atoms with Crippen molar-refractivity contribution in [2.75, 3.05) is 19.6 Å². The Hall–Kier alpha value is -1.59. The van der Waals surface area contributed by atoms with E-state index in [2.05, 4.69) is 16.3 Å². The number of carbonyl (C=O) groups is 1. The maximum Gasteiger partial charge on any atom is 0.335 e. The van der Waals surface area contributed by atoms with E-state index in [0.717, 1.165) is 32.1 Å². The molecule has 2 N–H and O–H groups in total. The smallest absolute Gasteiger partial charge is 0.335 e. The van der Waals surface area contributed by atoms with Crippen LogP contribution in [-0.4, -0.2) is 41.7 Å². The monoisotopic (exact) mass is 432 g/mol. The highest BCUT2D eigenvalue weighted by Crippen LogP contribution is 2.42. The number of hydrogen-bond acceptors (Lipinski definition) is 3. The molecular formula is C23H26Cl2N2O2. The van der Waals surface area contributed by atoms with Gasteiger partial charge in [0, 0.05) is 18.5 Å². The zero-order chi connectivity index (χ0) is 20.4. The average molecular weight is 433 g/mol. The summed E-state index contributed by atoms with van der Waals surface area (Å²) in [7, 11) is 0.